The van der Waals surface area contributed by atoms with Gasteiger partial charge in [-0.05, 0) is 87.3 Å². The predicted molar refractivity (Wildman–Crippen MR) is 110 cm³/mol. The van der Waals surface area contributed by atoms with E-state index in [0.717, 1.165) is 24.2 Å². The quantitative estimate of drug-likeness (QED) is 0.762. The molecule has 1 amide bonds. The molecule has 0 aromatic heterocycles. The predicted octanol–water partition coefficient (Wildman–Crippen LogP) is 5.22. The summed E-state index contributed by atoms with van der Waals surface area (Å²) in [4.78, 5) is 12.8. The van der Waals surface area contributed by atoms with E-state index in [1.54, 1.807) is 0 Å². The van der Waals surface area contributed by atoms with Gasteiger partial charge in [0.2, 0.25) is 0 Å². The van der Waals surface area contributed by atoms with Crippen LogP contribution in [0.15, 0.2) is 36.4 Å². The van der Waals surface area contributed by atoms with Crippen molar-refractivity contribution in [1.82, 2.24) is 5.32 Å². The fraction of sp³-hybridized carbons (Fsp3) is 0.458. The number of nitrogens with one attached hydrogen (secondary N) is 1. The van der Waals surface area contributed by atoms with Crippen LogP contribution in [0.1, 0.15) is 67.0 Å². The van der Waals surface area contributed by atoms with Crippen molar-refractivity contribution < 1.29 is 9.53 Å². The number of carbonyl (C=O) groups excluding carboxylic acids is 1. The molecule has 0 aliphatic heterocycles. The molecule has 144 valence electrons. The zero-order valence-electron chi connectivity index (χ0n) is 17.0. The third kappa shape index (κ3) is 4.71. The van der Waals surface area contributed by atoms with Crippen LogP contribution in [0.4, 0.5) is 0 Å². The summed E-state index contributed by atoms with van der Waals surface area (Å²) >= 11 is 0. The number of carbonyl (C=O) groups is 1. The van der Waals surface area contributed by atoms with Crippen LogP contribution in [0, 0.1) is 13.8 Å². The average molecular weight is 366 g/mol. The maximum Gasteiger partial charge on any atom is 0.261 e. The Morgan fingerprint density at radius 3 is 2.56 bits per heavy atom. The molecular weight excluding hydrogens is 334 g/mol. The Morgan fingerprint density at radius 2 is 1.81 bits per heavy atom. The molecule has 2 aromatic rings. The zero-order valence-corrected chi connectivity index (χ0v) is 17.0. The maximum atomic E-state index is 12.8. The highest BCUT2D eigenvalue weighted by atomic mass is 16.5. The second kappa shape index (κ2) is 8.60. The number of rotatable bonds is 6. The van der Waals surface area contributed by atoms with Crippen LogP contribution in [-0.2, 0) is 17.6 Å². The number of ether oxygens (including phenoxy) is 1. The van der Waals surface area contributed by atoms with E-state index < -0.39 is 6.10 Å². The van der Waals surface area contributed by atoms with E-state index in [0.29, 0.717) is 6.42 Å². The monoisotopic (exact) mass is 365 g/mol. The summed E-state index contributed by atoms with van der Waals surface area (Å²) in [7, 11) is 0. The Labute approximate surface area is 163 Å². The third-order valence-electron chi connectivity index (χ3n) is 5.52. The fourth-order valence-corrected chi connectivity index (χ4v) is 3.88. The van der Waals surface area contributed by atoms with E-state index in [-0.39, 0.29) is 11.9 Å². The van der Waals surface area contributed by atoms with Crippen LogP contribution >= 0.6 is 0 Å². The molecule has 3 heteroatoms. The normalized spacial score (nSPS) is 15.6. The van der Waals surface area contributed by atoms with Gasteiger partial charge in [-0.3, -0.25) is 4.79 Å². The van der Waals surface area contributed by atoms with Crippen LogP contribution in [0.25, 0.3) is 0 Å². The van der Waals surface area contributed by atoms with Crippen molar-refractivity contribution in [2.45, 2.75) is 71.9 Å². The Kier molecular flexibility index (Phi) is 6.20. The zero-order chi connectivity index (χ0) is 19.4. The van der Waals surface area contributed by atoms with Crippen LogP contribution in [0.2, 0.25) is 0 Å². The minimum absolute atomic E-state index is 0.0430. The van der Waals surface area contributed by atoms with Gasteiger partial charge in [0, 0.05) is 0 Å². The van der Waals surface area contributed by atoms with Gasteiger partial charge >= 0.3 is 0 Å². The van der Waals surface area contributed by atoms with Gasteiger partial charge in [0.1, 0.15) is 5.75 Å². The van der Waals surface area contributed by atoms with E-state index in [4.69, 9.17) is 4.74 Å². The van der Waals surface area contributed by atoms with Crippen LogP contribution in [0.3, 0.4) is 0 Å². The van der Waals surface area contributed by atoms with Gasteiger partial charge in [-0.25, -0.2) is 0 Å². The second-order valence-corrected chi connectivity index (χ2v) is 7.74. The number of fused-ring (bicyclic) bond motifs is 1. The first-order valence-electron chi connectivity index (χ1n) is 10.1. The first-order valence-corrected chi connectivity index (χ1v) is 10.1. The molecule has 27 heavy (non-hydrogen) atoms. The van der Waals surface area contributed by atoms with Gasteiger partial charge in [-0.1, -0.05) is 36.8 Å². The number of aryl methyl sites for hydroxylation is 4. The Hall–Kier alpha value is -2.29. The van der Waals surface area contributed by atoms with Crippen LogP contribution in [-0.4, -0.2) is 12.0 Å². The van der Waals surface area contributed by atoms with Gasteiger partial charge < -0.3 is 10.1 Å². The van der Waals surface area contributed by atoms with Crippen molar-refractivity contribution in [3.8, 4) is 5.75 Å². The van der Waals surface area contributed by atoms with Crippen LogP contribution in [0.5, 0.6) is 5.75 Å². The molecule has 0 radical (unpaired) electrons. The lowest BCUT2D eigenvalue weighted by atomic mass is 9.92. The van der Waals surface area contributed by atoms with Gasteiger partial charge in [0.15, 0.2) is 6.10 Å². The van der Waals surface area contributed by atoms with Crippen molar-refractivity contribution in [1.29, 1.82) is 0 Å². The van der Waals surface area contributed by atoms with Crippen molar-refractivity contribution in [3.63, 3.8) is 0 Å². The molecule has 0 heterocycles. The molecule has 1 aliphatic rings. The van der Waals surface area contributed by atoms with Gasteiger partial charge in [0.05, 0.1) is 6.04 Å². The number of amides is 1. The standard InChI is InChI=1S/C24H31NO2/c1-5-23(27-21-13-12-19-8-6-7-9-20(19)15-21)24(26)25-18(4)22-14-16(2)10-11-17(22)3/h10-15,18,23H,5-9H2,1-4H3,(H,25,26)/t18-,23-/m1/s1. The van der Waals surface area contributed by atoms with Gasteiger partial charge in [0.25, 0.3) is 5.91 Å². The highest BCUT2D eigenvalue weighted by Crippen LogP contribution is 2.26. The molecular formula is C24H31NO2. The summed E-state index contributed by atoms with van der Waals surface area (Å²) in [6, 6.07) is 12.6. The molecule has 0 saturated heterocycles. The van der Waals surface area contributed by atoms with Gasteiger partial charge in [-0.15, -0.1) is 0 Å². The van der Waals surface area contributed by atoms with Gasteiger partial charge in [-0.2, -0.15) is 0 Å². The largest absolute Gasteiger partial charge is 0.481 e. The Morgan fingerprint density at radius 1 is 1.07 bits per heavy atom. The minimum Gasteiger partial charge on any atom is -0.481 e. The summed E-state index contributed by atoms with van der Waals surface area (Å²) in [6.45, 7) is 8.18. The molecule has 1 N–H and O–H groups in total. The number of hydrogen-bond donors (Lipinski definition) is 1. The molecule has 2 atom stereocenters. The lowest BCUT2D eigenvalue weighted by molar-refractivity contribution is -0.128. The molecule has 0 bridgehead atoms. The van der Waals surface area contributed by atoms with Crippen molar-refractivity contribution in [2.24, 2.45) is 0 Å². The second-order valence-electron chi connectivity index (χ2n) is 7.74. The highest BCUT2D eigenvalue weighted by Gasteiger charge is 2.22. The lowest BCUT2D eigenvalue weighted by Gasteiger charge is -2.23. The van der Waals surface area contributed by atoms with Crippen molar-refractivity contribution in [2.75, 3.05) is 0 Å². The summed E-state index contributed by atoms with van der Waals surface area (Å²) < 4.78 is 6.07. The van der Waals surface area contributed by atoms with E-state index in [2.05, 4.69) is 49.5 Å². The third-order valence-corrected chi connectivity index (χ3v) is 5.52. The first kappa shape index (κ1) is 19.5. The molecule has 0 saturated carbocycles. The summed E-state index contributed by atoms with van der Waals surface area (Å²) in [5, 5.41) is 3.13. The molecule has 3 rings (SSSR count). The summed E-state index contributed by atoms with van der Waals surface area (Å²) in [5.74, 6) is 0.751. The summed E-state index contributed by atoms with van der Waals surface area (Å²) in [5.41, 5.74) is 6.35. The number of benzene rings is 2. The molecule has 2 aromatic carbocycles. The van der Waals surface area contributed by atoms with E-state index >= 15 is 0 Å². The van der Waals surface area contributed by atoms with E-state index in [9.17, 15) is 4.79 Å². The smallest absolute Gasteiger partial charge is 0.261 e. The molecule has 0 unspecified atom stereocenters. The number of hydrogen-bond acceptors (Lipinski definition) is 2. The fourth-order valence-electron chi connectivity index (χ4n) is 3.88. The molecule has 0 spiro atoms. The van der Waals surface area contributed by atoms with Crippen molar-refractivity contribution in [3.05, 3.63) is 64.2 Å². The highest BCUT2D eigenvalue weighted by molar-refractivity contribution is 5.81. The topological polar surface area (TPSA) is 38.3 Å². The SMILES string of the molecule is CC[C@@H](Oc1ccc2c(c1)CCCC2)C(=O)N[C@H](C)c1cc(C)ccc1C. The molecule has 0 fully saturated rings. The first-order chi connectivity index (χ1) is 13.0. The maximum absolute atomic E-state index is 12.8. The average Bonchev–Trinajstić information content (AvgIpc) is 2.67. The van der Waals surface area contributed by atoms with E-state index in [1.165, 1.54) is 35.1 Å². The lowest BCUT2D eigenvalue weighted by Crippen LogP contribution is -2.39. The van der Waals surface area contributed by atoms with E-state index in [1.807, 2.05) is 19.9 Å². The minimum atomic E-state index is -0.473. The Balaban J connectivity index is 1.68. The molecule has 1 aliphatic carbocycles. The van der Waals surface area contributed by atoms with Crippen molar-refractivity contribution >= 4 is 5.91 Å². The summed E-state index contributed by atoms with van der Waals surface area (Å²) in [6.07, 6.45) is 4.94. The molecule has 3 nitrogen and oxygen atoms in total. The Bertz CT molecular complexity index is 812. The van der Waals surface area contributed by atoms with Crippen LogP contribution < -0.4 is 10.1 Å².